The van der Waals surface area contributed by atoms with E-state index < -0.39 is 17.7 Å². The van der Waals surface area contributed by atoms with Crippen LogP contribution in [0.25, 0.3) is 16.7 Å². The molecule has 1 aliphatic rings. The lowest BCUT2D eigenvalue weighted by molar-refractivity contribution is -0.132. The number of amides is 1. The van der Waals surface area contributed by atoms with Crippen LogP contribution in [-0.4, -0.2) is 28.5 Å². The van der Waals surface area contributed by atoms with Crippen molar-refractivity contribution in [2.45, 2.75) is 13.0 Å². The Labute approximate surface area is 197 Å². The van der Waals surface area contributed by atoms with Crippen molar-refractivity contribution >= 4 is 34.0 Å². The van der Waals surface area contributed by atoms with Gasteiger partial charge in [-0.25, -0.2) is 0 Å². The molecule has 34 heavy (non-hydrogen) atoms. The van der Waals surface area contributed by atoms with E-state index in [1.165, 1.54) is 4.90 Å². The summed E-state index contributed by atoms with van der Waals surface area (Å²) in [4.78, 5) is 28.2. The number of ketones is 1. The monoisotopic (exact) mass is 452 g/mol. The first kappa shape index (κ1) is 21.5. The zero-order chi connectivity index (χ0) is 24.0. The number of aromatic nitrogens is 1. The maximum atomic E-state index is 13.4. The minimum absolute atomic E-state index is 0.0704. The normalized spacial score (nSPS) is 17.5. The van der Waals surface area contributed by atoms with Crippen molar-refractivity contribution in [2.24, 2.45) is 7.05 Å². The van der Waals surface area contributed by atoms with Crippen LogP contribution in [0.5, 0.6) is 5.75 Å². The van der Waals surface area contributed by atoms with Gasteiger partial charge >= 0.3 is 0 Å². The number of hydrogen-bond acceptors (Lipinski definition) is 4. The van der Waals surface area contributed by atoms with Crippen LogP contribution in [0.15, 0.2) is 84.6 Å². The maximum absolute atomic E-state index is 13.4. The molecule has 6 nitrogen and oxygen atoms in total. The zero-order valence-corrected chi connectivity index (χ0v) is 19.1. The number of rotatable bonds is 4. The Morgan fingerprint density at radius 1 is 0.941 bits per heavy atom. The summed E-state index contributed by atoms with van der Waals surface area (Å²) >= 11 is 0. The second kappa shape index (κ2) is 8.23. The molecule has 4 aromatic rings. The van der Waals surface area contributed by atoms with E-state index in [1.807, 2.05) is 61.1 Å². The number of aryl methyl sites for hydroxylation is 2. The van der Waals surface area contributed by atoms with Crippen LogP contribution < -0.4 is 9.64 Å². The highest BCUT2D eigenvalue weighted by molar-refractivity contribution is 6.51. The first-order chi connectivity index (χ1) is 16.4. The highest BCUT2D eigenvalue weighted by atomic mass is 16.5. The van der Waals surface area contributed by atoms with Gasteiger partial charge in [0.2, 0.25) is 0 Å². The number of benzene rings is 3. The number of nitrogens with zero attached hydrogens (tertiary/aromatic N) is 2. The van der Waals surface area contributed by atoms with Gasteiger partial charge in [-0.3, -0.25) is 14.5 Å². The van der Waals surface area contributed by atoms with E-state index in [-0.39, 0.29) is 11.3 Å². The highest BCUT2D eigenvalue weighted by Gasteiger charge is 2.47. The molecule has 0 bridgehead atoms. The fourth-order valence-electron chi connectivity index (χ4n) is 4.59. The minimum Gasteiger partial charge on any atom is -0.507 e. The van der Waals surface area contributed by atoms with Crippen LogP contribution in [0, 0.1) is 6.92 Å². The lowest BCUT2D eigenvalue weighted by atomic mass is 9.94. The summed E-state index contributed by atoms with van der Waals surface area (Å²) in [5.41, 5.74) is 3.86. The molecule has 1 aliphatic heterocycles. The van der Waals surface area contributed by atoms with Crippen molar-refractivity contribution in [2.75, 3.05) is 12.0 Å². The van der Waals surface area contributed by atoms with Gasteiger partial charge in [-0.1, -0.05) is 48.0 Å². The van der Waals surface area contributed by atoms with Gasteiger partial charge < -0.3 is 14.4 Å². The Kier molecular flexibility index (Phi) is 5.21. The Balaban J connectivity index is 1.78. The molecule has 1 N–H and O–H groups in total. The number of aliphatic hydroxyl groups excluding tert-OH is 1. The molecule has 6 heteroatoms. The molecule has 1 aromatic heterocycles. The number of anilines is 1. The molecule has 0 spiro atoms. The number of fused-ring (bicyclic) bond motifs is 1. The summed E-state index contributed by atoms with van der Waals surface area (Å²) in [5, 5.41) is 12.2. The summed E-state index contributed by atoms with van der Waals surface area (Å²) in [6, 6.07) is 21.2. The van der Waals surface area contributed by atoms with Crippen LogP contribution in [0.3, 0.4) is 0 Å². The van der Waals surface area contributed by atoms with E-state index in [0.29, 0.717) is 17.0 Å². The number of methoxy groups -OCH3 is 1. The number of Topliss-reactive ketones (excluding diaryl/α,β-unsaturated/α-hetero) is 1. The quantitative estimate of drug-likeness (QED) is 0.265. The average molecular weight is 453 g/mol. The minimum atomic E-state index is -0.791. The standard InChI is InChI=1S/C28H24N2O4/c1-17-8-10-18(11-9-17)26(31)24-25(22-16-29(2)23-7-5-4-6-21(22)23)30(28(33)27(24)32)19-12-14-20(34-3)15-13-19/h4-16,25,31H,1-3H3/b26-24+. The number of aliphatic hydroxyl groups is 1. The molecule has 0 saturated carbocycles. The van der Waals surface area contributed by atoms with E-state index in [1.54, 1.807) is 43.5 Å². The summed E-state index contributed by atoms with van der Waals surface area (Å²) in [5.74, 6) is -0.947. The molecule has 3 aromatic carbocycles. The Hall–Kier alpha value is -4.32. The van der Waals surface area contributed by atoms with Crippen molar-refractivity contribution in [3.8, 4) is 5.75 Å². The summed E-state index contributed by atoms with van der Waals surface area (Å²) < 4.78 is 7.22. The molecular formula is C28H24N2O4. The molecular weight excluding hydrogens is 428 g/mol. The fourth-order valence-corrected chi connectivity index (χ4v) is 4.59. The number of hydrogen-bond donors (Lipinski definition) is 1. The van der Waals surface area contributed by atoms with Gasteiger partial charge in [0.05, 0.1) is 18.7 Å². The van der Waals surface area contributed by atoms with Crippen LogP contribution in [0.4, 0.5) is 5.69 Å². The van der Waals surface area contributed by atoms with Crippen LogP contribution >= 0.6 is 0 Å². The van der Waals surface area contributed by atoms with E-state index in [2.05, 4.69) is 0 Å². The van der Waals surface area contributed by atoms with Crippen molar-refractivity contribution in [1.82, 2.24) is 4.57 Å². The molecule has 1 fully saturated rings. The molecule has 5 rings (SSSR count). The fraction of sp³-hybridized carbons (Fsp3) is 0.143. The van der Waals surface area contributed by atoms with Crippen LogP contribution in [0.1, 0.15) is 22.7 Å². The topological polar surface area (TPSA) is 71.8 Å². The van der Waals surface area contributed by atoms with Gasteiger partial charge in [0.15, 0.2) is 0 Å². The number of carbonyl (C=O) groups excluding carboxylic acids is 2. The summed E-state index contributed by atoms with van der Waals surface area (Å²) in [7, 11) is 3.49. The third-order valence-corrected chi connectivity index (χ3v) is 6.34. The third-order valence-electron chi connectivity index (χ3n) is 6.34. The van der Waals surface area contributed by atoms with Gasteiger partial charge in [-0.05, 0) is 37.3 Å². The van der Waals surface area contributed by atoms with Gasteiger partial charge in [0.25, 0.3) is 11.7 Å². The van der Waals surface area contributed by atoms with Gasteiger partial charge in [-0.15, -0.1) is 0 Å². The van der Waals surface area contributed by atoms with Crippen molar-refractivity contribution in [1.29, 1.82) is 0 Å². The molecule has 170 valence electrons. The average Bonchev–Trinajstić information content (AvgIpc) is 3.32. The molecule has 0 aliphatic carbocycles. The predicted molar refractivity (Wildman–Crippen MR) is 132 cm³/mol. The molecule has 1 saturated heterocycles. The SMILES string of the molecule is COc1ccc(N2C(=O)C(=O)/C(=C(/O)c3ccc(C)cc3)C2c2cn(C)c3ccccc23)cc1. The van der Waals surface area contributed by atoms with Crippen molar-refractivity contribution < 1.29 is 19.4 Å². The van der Waals surface area contributed by atoms with E-state index >= 15 is 0 Å². The predicted octanol–water partition coefficient (Wildman–Crippen LogP) is 5.12. The lowest BCUT2D eigenvalue weighted by Crippen LogP contribution is -2.29. The smallest absolute Gasteiger partial charge is 0.300 e. The summed E-state index contributed by atoms with van der Waals surface area (Å²) in [6.07, 6.45) is 1.92. The number of ether oxygens (including phenoxy) is 1. The molecule has 1 unspecified atom stereocenters. The second-order valence-electron chi connectivity index (χ2n) is 8.45. The van der Waals surface area contributed by atoms with Gasteiger partial charge in [-0.2, -0.15) is 0 Å². The Morgan fingerprint density at radius 2 is 1.62 bits per heavy atom. The van der Waals surface area contributed by atoms with E-state index in [0.717, 1.165) is 22.0 Å². The number of carbonyl (C=O) groups is 2. The first-order valence-corrected chi connectivity index (χ1v) is 11.0. The Morgan fingerprint density at radius 3 is 2.29 bits per heavy atom. The second-order valence-corrected chi connectivity index (χ2v) is 8.45. The Bertz CT molecular complexity index is 1450. The van der Waals surface area contributed by atoms with Crippen LogP contribution in [-0.2, 0) is 16.6 Å². The zero-order valence-electron chi connectivity index (χ0n) is 19.1. The largest absolute Gasteiger partial charge is 0.507 e. The molecule has 1 atom stereocenters. The van der Waals surface area contributed by atoms with Crippen molar-refractivity contribution in [3.63, 3.8) is 0 Å². The van der Waals surface area contributed by atoms with Crippen LogP contribution in [0.2, 0.25) is 0 Å². The highest BCUT2D eigenvalue weighted by Crippen LogP contribution is 2.44. The maximum Gasteiger partial charge on any atom is 0.300 e. The molecule has 1 amide bonds. The molecule has 0 radical (unpaired) electrons. The van der Waals surface area contributed by atoms with Crippen molar-refractivity contribution in [3.05, 3.63) is 101 Å². The van der Waals surface area contributed by atoms with E-state index in [4.69, 9.17) is 4.74 Å². The van der Waals surface area contributed by atoms with Gasteiger partial charge in [0.1, 0.15) is 11.5 Å². The molecule has 2 heterocycles. The third kappa shape index (κ3) is 3.35. The van der Waals surface area contributed by atoms with Gasteiger partial charge in [0, 0.05) is 41.0 Å². The van der Waals surface area contributed by atoms with E-state index in [9.17, 15) is 14.7 Å². The number of para-hydroxylation sites is 1. The lowest BCUT2D eigenvalue weighted by Gasteiger charge is -2.25. The first-order valence-electron chi connectivity index (χ1n) is 11.0. The summed E-state index contributed by atoms with van der Waals surface area (Å²) in [6.45, 7) is 1.95.